The van der Waals surface area contributed by atoms with Gasteiger partial charge in [0.2, 0.25) is 0 Å². The fourth-order valence-corrected chi connectivity index (χ4v) is 1.10. The number of nitrogens with zero attached hydrogens (tertiary/aromatic N) is 1. The fraction of sp³-hybridized carbons (Fsp3) is 0.300. The third-order valence-electron chi connectivity index (χ3n) is 1.93. The summed E-state index contributed by atoms with van der Waals surface area (Å²) in [5, 5.41) is 26.4. The lowest BCUT2D eigenvalue weighted by atomic mass is 10.1. The van der Waals surface area contributed by atoms with Crippen molar-refractivity contribution in [2.75, 3.05) is 14.1 Å². The van der Waals surface area contributed by atoms with E-state index in [2.05, 4.69) is 0 Å². The Labute approximate surface area is 95.1 Å². The molecule has 0 amide bonds. The summed E-state index contributed by atoms with van der Waals surface area (Å²) in [5.74, 6) is 0.184. The van der Waals surface area contributed by atoms with Crippen molar-refractivity contribution in [3.05, 3.63) is 29.8 Å². The SMILES string of the molecule is CN(C)C(=N)C(O)c1cccc(O)c1.Cl. The molecule has 0 radical (unpaired) electrons. The lowest BCUT2D eigenvalue weighted by molar-refractivity contribution is 0.231. The van der Waals surface area contributed by atoms with Gasteiger partial charge in [0.05, 0.1) is 0 Å². The maximum atomic E-state index is 9.71. The van der Waals surface area contributed by atoms with Crippen molar-refractivity contribution in [3.8, 4) is 5.75 Å². The summed E-state index contributed by atoms with van der Waals surface area (Å²) < 4.78 is 0. The first kappa shape index (κ1) is 13.7. The van der Waals surface area contributed by atoms with Crippen molar-refractivity contribution in [1.82, 2.24) is 4.90 Å². The number of hydrogen-bond acceptors (Lipinski definition) is 3. The van der Waals surface area contributed by atoms with Crippen LogP contribution in [0, 0.1) is 5.41 Å². The number of phenolic OH excluding ortho intramolecular Hbond substituents is 1. The number of halogens is 1. The van der Waals surface area contributed by atoms with Gasteiger partial charge in [0, 0.05) is 14.1 Å². The smallest absolute Gasteiger partial charge is 0.136 e. The maximum Gasteiger partial charge on any atom is 0.136 e. The quantitative estimate of drug-likeness (QED) is 0.531. The van der Waals surface area contributed by atoms with Crippen LogP contribution in [0.1, 0.15) is 11.7 Å². The molecule has 84 valence electrons. The molecule has 3 N–H and O–H groups in total. The van der Waals surface area contributed by atoms with Crippen LogP contribution in [0.3, 0.4) is 0 Å². The van der Waals surface area contributed by atoms with E-state index in [-0.39, 0.29) is 24.0 Å². The topological polar surface area (TPSA) is 67.6 Å². The average Bonchev–Trinajstić information content (AvgIpc) is 2.15. The number of hydrogen-bond donors (Lipinski definition) is 3. The summed E-state index contributed by atoms with van der Waals surface area (Å²) in [7, 11) is 3.38. The molecule has 15 heavy (non-hydrogen) atoms. The molecule has 0 heterocycles. The van der Waals surface area contributed by atoms with E-state index >= 15 is 0 Å². The highest BCUT2D eigenvalue weighted by Crippen LogP contribution is 2.19. The Bertz CT molecular complexity index is 342. The second kappa shape index (κ2) is 5.58. The largest absolute Gasteiger partial charge is 0.508 e. The molecule has 0 aliphatic rings. The number of phenols is 1. The average molecular weight is 231 g/mol. The molecule has 0 saturated heterocycles. The molecule has 1 unspecified atom stereocenters. The van der Waals surface area contributed by atoms with Gasteiger partial charge in [-0.2, -0.15) is 0 Å². The van der Waals surface area contributed by atoms with Gasteiger partial charge < -0.3 is 15.1 Å². The van der Waals surface area contributed by atoms with E-state index in [4.69, 9.17) is 5.41 Å². The van der Waals surface area contributed by atoms with Crippen molar-refractivity contribution in [2.45, 2.75) is 6.10 Å². The number of amidine groups is 1. The molecular formula is C10H15ClN2O2. The summed E-state index contributed by atoms with van der Waals surface area (Å²) in [4.78, 5) is 1.52. The Morgan fingerprint density at radius 1 is 1.40 bits per heavy atom. The number of aliphatic hydroxyl groups excluding tert-OH is 1. The van der Waals surface area contributed by atoms with Crippen molar-refractivity contribution in [1.29, 1.82) is 5.41 Å². The van der Waals surface area contributed by atoms with Crippen LogP contribution in [-0.2, 0) is 0 Å². The minimum Gasteiger partial charge on any atom is -0.508 e. The molecule has 1 aromatic rings. The Hall–Kier alpha value is -1.26. The summed E-state index contributed by atoms with van der Waals surface area (Å²) in [6, 6.07) is 6.28. The molecule has 0 aliphatic heterocycles. The van der Waals surface area contributed by atoms with Crippen LogP contribution in [0.15, 0.2) is 24.3 Å². The summed E-state index contributed by atoms with van der Waals surface area (Å²) in [5.41, 5.74) is 0.517. The molecule has 1 aromatic carbocycles. The highest BCUT2D eigenvalue weighted by Gasteiger charge is 2.15. The Morgan fingerprint density at radius 2 is 2.00 bits per heavy atom. The highest BCUT2D eigenvalue weighted by molar-refractivity contribution is 5.85. The number of rotatable bonds is 2. The summed E-state index contributed by atoms with van der Waals surface area (Å²) >= 11 is 0. The fourth-order valence-electron chi connectivity index (χ4n) is 1.10. The first-order valence-electron chi connectivity index (χ1n) is 4.25. The molecule has 0 bridgehead atoms. The minimum absolute atomic E-state index is 0. The Balaban J connectivity index is 0.00000196. The number of aromatic hydroxyl groups is 1. The van der Waals surface area contributed by atoms with Crippen LogP contribution in [0.5, 0.6) is 5.75 Å². The molecule has 0 fully saturated rings. The second-order valence-corrected chi connectivity index (χ2v) is 3.28. The van der Waals surface area contributed by atoms with Crippen LogP contribution in [0.4, 0.5) is 0 Å². The second-order valence-electron chi connectivity index (χ2n) is 3.28. The molecule has 1 rings (SSSR count). The lowest BCUT2D eigenvalue weighted by Gasteiger charge is -2.19. The molecule has 5 heteroatoms. The van der Waals surface area contributed by atoms with Gasteiger partial charge in [-0.3, -0.25) is 5.41 Å². The zero-order valence-corrected chi connectivity index (χ0v) is 9.45. The third-order valence-corrected chi connectivity index (χ3v) is 1.93. The van der Waals surface area contributed by atoms with Crippen molar-refractivity contribution >= 4 is 18.2 Å². The van der Waals surface area contributed by atoms with Gasteiger partial charge in [-0.05, 0) is 17.7 Å². The van der Waals surface area contributed by atoms with E-state index < -0.39 is 6.10 Å². The van der Waals surface area contributed by atoms with E-state index in [9.17, 15) is 10.2 Å². The van der Waals surface area contributed by atoms with E-state index in [0.29, 0.717) is 5.56 Å². The zero-order valence-electron chi connectivity index (χ0n) is 8.64. The lowest BCUT2D eigenvalue weighted by Crippen LogP contribution is -2.27. The summed E-state index contributed by atoms with van der Waals surface area (Å²) in [6.45, 7) is 0. The number of likely N-dealkylation sites (N-methyl/N-ethyl adjacent to an activating group) is 1. The van der Waals surface area contributed by atoms with Crippen LogP contribution in [0.25, 0.3) is 0 Å². The van der Waals surface area contributed by atoms with Gasteiger partial charge in [-0.1, -0.05) is 12.1 Å². The minimum atomic E-state index is -0.989. The standard InChI is InChI=1S/C10H14N2O2.ClH/c1-12(2)10(11)9(14)7-4-3-5-8(13)6-7;/h3-6,9,11,13-14H,1-2H3;1H. The van der Waals surface area contributed by atoms with Gasteiger partial charge in [0.1, 0.15) is 17.7 Å². The molecule has 4 nitrogen and oxygen atoms in total. The van der Waals surface area contributed by atoms with E-state index in [1.165, 1.54) is 17.0 Å². The third kappa shape index (κ3) is 3.42. The first-order chi connectivity index (χ1) is 6.52. The normalized spacial score (nSPS) is 11.4. The highest BCUT2D eigenvalue weighted by atomic mass is 35.5. The van der Waals surface area contributed by atoms with E-state index in [0.717, 1.165) is 0 Å². The van der Waals surface area contributed by atoms with Gasteiger partial charge >= 0.3 is 0 Å². The molecule has 1 atom stereocenters. The van der Waals surface area contributed by atoms with Crippen LogP contribution < -0.4 is 0 Å². The predicted molar refractivity (Wildman–Crippen MR) is 61.7 cm³/mol. The van der Waals surface area contributed by atoms with Gasteiger partial charge in [0.15, 0.2) is 0 Å². The van der Waals surface area contributed by atoms with Crippen molar-refractivity contribution in [3.63, 3.8) is 0 Å². The first-order valence-corrected chi connectivity index (χ1v) is 4.25. The van der Waals surface area contributed by atoms with Gasteiger partial charge in [-0.15, -0.1) is 12.4 Å². The Morgan fingerprint density at radius 3 is 2.47 bits per heavy atom. The number of aliphatic hydroxyl groups is 1. The number of nitrogens with one attached hydrogen (secondary N) is 1. The molecule has 0 spiro atoms. The van der Waals surface area contributed by atoms with Crippen LogP contribution >= 0.6 is 12.4 Å². The van der Waals surface area contributed by atoms with Crippen LogP contribution in [-0.4, -0.2) is 35.0 Å². The van der Waals surface area contributed by atoms with Crippen molar-refractivity contribution in [2.24, 2.45) is 0 Å². The summed E-state index contributed by atoms with van der Waals surface area (Å²) in [6.07, 6.45) is -0.989. The van der Waals surface area contributed by atoms with Crippen molar-refractivity contribution < 1.29 is 10.2 Å². The van der Waals surface area contributed by atoms with E-state index in [1.807, 2.05) is 0 Å². The van der Waals surface area contributed by atoms with Crippen LogP contribution in [0.2, 0.25) is 0 Å². The maximum absolute atomic E-state index is 9.71. The molecular weight excluding hydrogens is 216 g/mol. The van der Waals surface area contributed by atoms with Gasteiger partial charge in [-0.25, -0.2) is 0 Å². The zero-order chi connectivity index (χ0) is 10.7. The Kier molecular flexibility index (Phi) is 5.11. The van der Waals surface area contributed by atoms with Gasteiger partial charge in [0.25, 0.3) is 0 Å². The predicted octanol–water partition coefficient (Wildman–Crippen LogP) is 1.39. The van der Waals surface area contributed by atoms with E-state index in [1.54, 1.807) is 26.2 Å². The monoisotopic (exact) mass is 230 g/mol. The molecule has 0 aromatic heterocycles. The number of benzene rings is 1. The molecule has 0 aliphatic carbocycles. The molecule has 0 saturated carbocycles.